The normalized spacial score (nSPS) is 16.3. The Morgan fingerprint density at radius 3 is 2.03 bits per heavy atom. The molecule has 0 bridgehead atoms. The second-order valence-corrected chi connectivity index (χ2v) is 9.64. The number of nitrogens with zero attached hydrogens (tertiary/aromatic N) is 2. The molecule has 0 atom stereocenters. The van der Waals surface area contributed by atoms with Crippen LogP contribution in [0.1, 0.15) is 17.5 Å². The zero-order chi connectivity index (χ0) is 21.7. The van der Waals surface area contributed by atoms with E-state index < -0.39 is 9.84 Å². The molecule has 1 heterocycles. The summed E-state index contributed by atoms with van der Waals surface area (Å²) in [5.41, 5.74) is 1.68. The monoisotopic (exact) mass is 436 g/mol. The largest absolute Gasteiger partial charge is 0.493 e. The molecule has 0 amide bonds. The van der Waals surface area contributed by atoms with Gasteiger partial charge in [-0.1, -0.05) is 12.1 Å². The van der Waals surface area contributed by atoms with Crippen LogP contribution in [-0.2, 0) is 22.9 Å². The van der Waals surface area contributed by atoms with E-state index in [9.17, 15) is 12.8 Å². The number of rotatable bonds is 7. The molecule has 1 fully saturated rings. The summed E-state index contributed by atoms with van der Waals surface area (Å²) >= 11 is 0. The summed E-state index contributed by atoms with van der Waals surface area (Å²) in [7, 11) is -0.134. The van der Waals surface area contributed by atoms with Gasteiger partial charge in [0.1, 0.15) is 5.82 Å². The molecule has 0 aliphatic carbocycles. The third-order valence-corrected chi connectivity index (χ3v) is 6.51. The number of ether oxygens (including phenoxy) is 2. The van der Waals surface area contributed by atoms with Gasteiger partial charge in [-0.25, -0.2) is 12.8 Å². The molecule has 1 saturated heterocycles. The lowest BCUT2D eigenvalue weighted by molar-refractivity contribution is 0.244. The average molecular weight is 437 g/mol. The Bertz CT molecular complexity index is 964. The molecule has 6 nitrogen and oxygen atoms in total. The maximum atomic E-state index is 14.5. The summed E-state index contributed by atoms with van der Waals surface area (Å²) in [6, 6.07) is 10.2. The Labute approximate surface area is 178 Å². The molecule has 0 N–H and O–H groups in total. The van der Waals surface area contributed by atoms with Crippen molar-refractivity contribution in [2.45, 2.75) is 24.4 Å². The van der Waals surface area contributed by atoms with Crippen LogP contribution < -0.4 is 9.47 Å². The van der Waals surface area contributed by atoms with Crippen LogP contribution >= 0.6 is 0 Å². The molecule has 30 heavy (non-hydrogen) atoms. The zero-order valence-electron chi connectivity index (χ0n) is 17.7. The van der Waals surface area contributed by atoms with E-state index in [-0.39, 0.29) is 5.82 Å². The molecule has 1 aliphatic heterocycles. The van der Waals surface area contributed by atoms with E-state index in [1.165, 1.54) is 19.4 Å². The van der Waals surface area contributed by atoms with Crippen LogP contribution in [-0.4, -0.2) is 64.9 Å². The molecule has 1 aliphatic rings. The predicted molar refractivity (Wildman–Crippen MR) is 114 cm³/mol. The number of hydrogen-bond donors (Lipinski definition) is 0. The first-order chi connectivity index (χ1) is 14.3. The van der Waals surface area contributed by atoms with E-state index >= 15 is 0 Å². The van der Waals surface area contributed by atoms with E-state index in [4.69, 9.17) is 9.47 Å². The lowest BCUT2D eigenvalue weighted by Crippen LogP contribution is -2.30. The molecular weight excluding hydrogens is 407 g/mol. The standard InChI is InChI=1S/C22H29FN2O4S/c1-28-21-13-18(20(23)14-22(21)29-2)16-25-10-4-9-24(11-12-25)15-17-5-7-19(8-6-17)30(3,26)27/h5-8,13-14H,4,9-12,15-16H2,1-3H3. The van der Waals surface area contributed by atoms with Crippen molar-refractivity contribution in [2.75, 3.05) is 46.7 Å². The van der Waals surface area contributed by atoms with Crippen LogP contribution in [0.2, 0.25) is 0 Å². The zero-order valence-corrected chi connectivity index (χ0v) is 18.5. The lowest BCUT2D eigenvalue weighted by atomic mass is 10.1. The highest BCUT2D eigenvalue weighted by molar-refractivity contribution is 7.90. The van der Waals surface area contributed by atoms with Crippen LogP contribution in [0.3, 0.4) is 0 Å². The van der Waals surface area contributed by atoms with Gasteiger partial charge in [0.25, 0.3) is 0 Å². The van der Waals surface area contributed by atoms with Crippen LogP contribution in [0.4, 0.5) is 4.39 Å². The second-order valence-electron chi connectivity index (χ2n) is 7.62. The van der Waals surface area contributed by atoms with Crippen LogP contribution in [0.15, 0.2) is 41.3 Å². The summed E-state index contributed by atoms with van der Waals surface area (Å²) in [5.74, 6) is 0.630. The molecule has 3 rings (SSSR count). The number of sulfone groups is 1. The van der Waals surface area contributed by atoms with Gasteiger partial charge >= 0.3 is 0 Å². The number of methoxy groups -OCH3 is 2. The Morgan fingerprint density at radius 1 is 0.900 bits per heavy atom. The fraction of sp³-hybridized carbons (Fsp3) is 0.455. The molecule has 2 aromatic rings. The smallest absolute Gasteiger partial charge is 0.175 e. The molecule has 164 valence electrons. The quantitative estimate of drug-likeness (QED) is 0.665. The van der Waals surface area contributed by atoms with Gasteiger partial charge in [-0.2, -0.15) is 0 Å². The highest BCUT2D eigenvalue weighted by Gasteiger charge is 2.18. The van der Waals surface area contributed by atoms with E-state index in [1.54, 1.807) is 25.3 Å². The first-order valence-electron chi connectivity index (χ1n) is 9.94. The fourth-order valence-corrected chi connectivity index (χ4v) is 4.33. The van der Waals surface area contributed by atoms with E-state index in [0.717, 1.165) is 44.7 Å². The first-order valence-corrected chi connectivity index (χ1v) is 11.8. The minimum atomic E-state index is -3.18. The van der Waals surface area contributed by atoms with Crippen molar-refractivity contribution in [3.63, 3.8) is 0 Å². The van der Waals surface area contributed by atoms with Crippen molar-refractivity contribution in [1.29, 1.82) is 0 Å². The topological polar surface area (TPSA) is 59.1 Å². The molecule has 0 radical (unpaired) electrons. The first kappa shape index (κ1) is 22.5. The third kappa shape index (κ3) is 5.71. The van der Waals surface area contributed by atoms with Crippen molar-refractivity contribution in [2.24, 2.45) is 0 Å². The van der Waals surface area contributed by atoms with Crippen LogP contribution in [0.25, 0.3) is 0 Å². The van der Waals surface area contributed by atoms with Crippen LogP contribution in [0.5, 0.6) is 11.5 Å². The molecule has 0 unspecified atom stereocenters. The van der Waals surface area contributed by atoms with Gasteiger partial charge in [0.05, 0.1) is 19.1 Å². The van der Waals surface area contributed by atoms with Crippen molar-refractivity contribution >= 4 is 9.84 Å². The van der Waals surface area contributed by atoms with Gasteiger partial charge in [0.2, 0.25) is 0 Å². The SMILES string of the molecule is COc1cc(F)c(CN2CCCN(Cc3ccc(S(C)(=O)=O)cc3)CC2)cc1OC. The number of hydrogen-bond acceptors (Lipinski definition) is 6. The summed E-state index contributed by atoms with van der Waals surface area (Å²) in [6.45, 7) is 4.81. The Kier molecular flexibility index (Phi) is 7.33. The van der Waals surface area contributed by atoms with Crippen LogP contribution in [0, 0.1) is 5.82 Å². The minimum absolute atomic E-state index is 0.292. The number of benzene rings is 2. The summed E-state index contributed by atoms with van der Waals surface area (Å²) in [4.78, 5) is 4.93. The van der Waals surface area contributed by atoms with Crippen molar-refractivity contribution in [3.05, 3.63) is 53.3 Å². The molecule has 0 saturated carbocycles. The maximum absolute atomic E-state index is 14.5. The second kappa shape index (κ2) is 9.76. The van der Waals surface area contributed by atoms with Gasteiger partial charge in [0.15, 0.2) is 21.3 Å². The lowest BCUT2D eigenvalue weighted by Gasteiger charge is -2.22. The highest BCUT2D eigenvalue weighted by Crippen LogP contribution is 2.30. The van der Waals surface area contributed by atoms with Gasteiger partial charge < -0.3 is 9.47 Å². The minimum Gasteiger partial charge on any atom is -0.493 e. The molecular formula is C22H29FN2O4S. The van der Waals surface area contributed by atoms with Crippen molar-refractivity contribution in [3.8, 4) is 11.5 Å². The summed E-state index contributed by atoms with van der Waals surface area (Å²) in [6.07, 6.45) is 2.20. The molecule has 8 heteroatoms. The molecule has 0 aromatic heterocycles. The van der Waals surface area contributed by atoms with Crippen molar-refractivity contribution in [1.82, 2.24) is 9.80 Å². The average Bonchev–Trinajstić information content (AvgIpc) is 2.94. The van der Waals surface area contributed by atoms with E-state index in [1.807, 2.05) is 12.1 Å². The fourth-order valence-electron chi connectivity index (χ4n) is 3.70. The van der Waals surface area contributed by atoms with E-state index in [2.05, 4.69) is 9.80 Å². The Morgan fingerprint density at radius 2 is 1.47 bits per heavy atom. The highest BCUT2D eigenvalue weighted by atomic mass is 32.2. The van der Waals surface area contributed by atoms with Gasteiger partial charge in [-0.3, -0.25) is 9.80 Å². The van der Waals surface area contributed by atoms with Gasteiger partial charge in [-0.05, 0) is 43.3 Å². The summed E-state index contributed by atoms with van der Waals surface area (Å²) < 4.78 is 48.2. The van der Waals surface area contributed by atoms with Gasteiger partial charge in [-0.15, -0.1) is 0 Å². The van der Waals surface area contributed by atoms with Gasteiger partial charge in [0, 0.05) is 44.1 Å². The Balaban J connectivity index is 1.60. The third-order valence-electron chi connectivity index (χ3n) is 5.39. The number of halogens is 1. The maximum Gasteiger partial charge on any atom is 0.175 e. The molecule has 2 aromatic carbocycles. The molecule has 0 spiro atoms. The Hall–Kier alpha value is -2.16. The predicted octanol–water partition coefficient (Wildman–Crippen LogP) is 2.95. The van der Waals surface area contributed by atoms with E-state index in [0.29, 0.717) is 28.5 Å². The van der Waals surface area contributed by atoms with Crippen molar-refractivity contribution < 1.29 is 22.3 Å². The summed E-state index contributed by atoms with van der Waals surface area (Å²) in [5, 5.41) is 0.